The lowest BCUT2D eigenvalue weighted by atomic mass is 9.76. The Morgan fingerprint density at radius 1 is 1.05 bits per heavy atom. The molecule has 2 aliphatic rings. The number of ether oxygens (including phenoxy) is 1. The molecule has 106 valence electrons. The fourth-order valence-electron chi connectivity index (χ4n) is 3.38. The number of methoxy groups -OCH3 is 1. The number of carbonyl (C=O) groups excluding carboxylic acids is 2. The van der Waals surface area contributed by atoms with E-state index in [2.05, 4.69) is 6.92 Å². The average molecular weight is 273 g/mol. The van der Waals surface area contributed by atoms with Gasteiger partial charge in [-0.1, -0.05) is 6.92 Å². The van der Waals surface area contributed by atoms with E-state index in [1.54, 1.807) is 31.4 Å². The van der Waals surface area contributed by atoms with Crippen LogP contribution in [-0.2, 0) is 9.59 Å². The van der Waals surface area contributed by atoms with Crippen molar-refractivity contribution in [3.8, 4) is 5.75 Å². The molecular formula is C16H19NO3. The van der Waals surface area contributed by atoms with E-state index in [4.69, 9.17) is 4.74 Å². The van der Waals surface area contributed by atoms with E-state index in [1.807, 2.05) is 0 Å². The molecule has 1 aliphatic carbocycles. The van der Waals surface area contributed by atoms with Crippen molar-refractivity contribution in [2.75, 3.05) is 12.0 Å². The summed E-state index contributed by atoms with van der Waals surface area (Å²) in [5.41, 5.74) is 0.655. The van der Waals surface area contributed by atoms with Crippen molar-refractivity contribution >= 4 is 17.5 Å². The van der Waals surface area contributed by atoms with Gasteiger partial charge < -0.3 is 4.74 Å². The molecule has 0 unspecified atom stereocenters. The Hall–Kier alpha value is -1.84. The molecule has 0 N–H and O–H groups in total. The van der Waals surface area contributed by atoms with Crippen molar-refractivity contribution in [3.63, 3.8) is 0 Å². The second kappa shape index (κ2) is 4.93. The molecule has 0 radical (unpaired) electrons. The number of benzene rings is 1. The van der Waals surface area contributed by atoms with Gasteiger partial charge in [0.1, 0.15) is 5.75 Å². The molecule has 1 saturated heterocycles. The summed E-state index contributed by atoms with van der Waals surface area (Å²) in [4.78, 5) is 26.4. The van der Waals surface area contributed by atoms with Crippen LogP contribution in [0.1, 0.15) is 26.2 Å². The van der Waals surface area contributed by atoms with Crippen LogP contribution in [-0.4, -0.2) is 18.9 Å². The zero-order valence-corrected chi connectivity index (χ0v) is 11.8. The SMILES string of the molecule is COc1ccc(N2C(=O)[C@@H]3CC[C@H](C)C[C@H]3C2=O)cc1. The van der Waals surface area contributed by atoms with Gasteiger partial charge in [0.05, 0.1) is 24.6 Å². The highest BCUT2D eigenvalue weighted by molar-refractivity contribution is 6.22. The molecule has 4 nitrogen and oxygen atoms in total. The normalized spacial score (nSPS) is 29.5. The van der Waals surface area contributed by atoms with Crippen LogP contribution in [0, 0.1) is 17.8 Å². The molecule has 0 spiro atoms. The van der Waals surface area contributed by atoms with Gasteiger partial charge in [0.15, 0.2) is 0 Å². The molecule has 1 saturated carbocycles. The van der Waals surface area contributed by atoms with Gasteiger partial charge in [0.25, 0.3) is 0 Å². The first kappa shape index (κ1) is 13.2. The van der Waals surface area contributed by atoms with Crippen LogP contribution in [0.15, 0.2) is 24.3 Å². The molecule has 3 rings (SSSR count). The Kier molecular flexibility index (Phi) is 3.24. The van der Waals surface area contributed by atoms with Crippen LogP contribution in [0.5, 0.6) is 5.75 Å². The summed E-state index contributed by atoms with van der Waals surface area (Å²) in [5, 5.41) is 0. The Morgan fingerprint density at radius 3 is 2.35 bits per heavy atom. The van der Waals surface area contributed by atoms with Crippen molar-refractivity contribution in [1.82, 2.24) is 0 Å². The predicted octanol–water partition coefficient (Wildman–Crippen LogP) is 2.62. The third-order valence-electron chi connectivity index (χ3n) is 4.52. The van der Waals surface area contributed by atoms with Crippen LogP contribution < -0.4 is 9.64 Å². The summed E-state index contributed by atoms with van der Waals surface area (Å²) in [7, 11) is 1.59. The molecule has 1 heterocycles. The molecule has 1 aromatic carbocycles. The van der Waals surface area contributed by atoms with E-state index < -0.39 is 0 Å². The molecule has 2 fully saturated rings. The third kappa shape index (κ3) is 1.99. The molecule has 0 bridgehead atoms. The molecule has 0 aromatic heterocycles. The first-order valence-electron chi connectivity index (χ1n) is 7.13. The summed E-state index contributed by atoms with van der Waals surface area (Å²) in [5.74, 6) is 0.964. The summed E-state index contributed by atoms with van der Waals surface area (Å²) >= 11 is 0. The quantitative estimate of drug-likeness (QED) is 0.778. The molecule has 1 aromatic rings. The van der Waals surface area contributed by atoms with Gasteiger partial charge in [-0.3, -0.25) is 14.5 Å². The highest BCUT2D eigenvalue weighted by Crippen LogP contribution is 2.42. The number of carbonyl (C=O) groups is 2. The van der Waals surface area contributed by atoms with Crippen LogP contribution in [0.3, 0.4) is 0 Å². The van der Waals surface area contributed by atoms with Gasteiger partial charge in [-0.25, -0.2) is 0 Å². The standard InChI is InChI=1S/C16H19NO3/c1-10-3-8-13-14(9-10)16(19)17(15(13)18)11-4-6-12(20-2)7-5-11/h4-7,10,13-14H,3,8-9H2,1-2H3/t10-,13+,14+/m0/s1. The zero-order chi connectivity index (χ0) is 14.3. The zero-order valence-electron chi connectivity index (χ0n) is 11.8. The maximum atomic E-state index is 12.5. The second-order valence-electron chi connectivity index (χ2n) is 5.84. The molecular weight excluding hydrogens is 254 g/mol. The number of anilines is 1. The van der Waals surface area contributed by atoms with E-state index >= 15 is 0 Å². The van der Waals surface area contributed by atoms with Crippen molar-refractivity contribution in [2.45, 2.75) is 26.2 Å². The maximum absolute atomic E-state index is 12.5. The van der Waals surface area contributed by atoms with Gasteiger partial charge in [-0.15, -0.1) is 0 Å². The van der Waals surface area contributed by atoms with E-state index in [0.29, 0.717) is 11.6 Å². The van der Waals surface area contributed by atoms with Gasteiger partial charge in [-0.2, -0.15) is 0 Å². The largest absolute Gasteiger partial charge is 0.497 e. The van der Waals surface area contributed by atoms with Gasteiger partial charge in [0, 0.05) is 0 Å². The van der Waals surface area contributed by atoms with Crippen molar-refractivity contribution in [3.05, 3.63) is 24.3 Å². The smallest absolute Gasteiger partial charge is 0.237 e. The highest BCUT2D eigenvalue weighted by Gasteiger charge is 2.49. The molecule has 2 amide bonds. The van der Waals surface area contributed by atoms with Crippen LogP contribution in [0.4, 0.5) is 5.69 Å². The number of fused-ring (bicyclic) bond motifs is 1. The minimum atomic E-state index is -0.117. The summed E-state index contributed by atoms with van der Waals surface area (Å²) in [6.07, 6.45) is 2.71. The number of hydrogen-bond acceptors (Lipinski definition) is 3. The lowest BCUT2D eigenvalue weighted by Gasteiger charge is -2.25. The van der Waals surface area contributed by atoms with E-state index in [1.165, 1.54) is 4.90 Å². The number of imide groups is 1. The van der Waals surface area contributed by atoms with Crippen molar-refractivity contribution in [1.29, 1.82) is 0 Å². The number of rotatable bonds is 2. The predicted molar refractivity (Wildman–Crippen MR) is 75.5 cm³/mol. The highest BCUT2D eigenvalue weighted by atomic mass is 16.5. The van der Waals surface area contributed by atoms with Gasteiger partial charge in [0.2, 0.25) is 11.8 Å². The summed E-state index contributed by atoms with van der Waals surface area (Å²) < 4.78 is 5.11. The lowest BCUT2D eigenvalue weighted by molar-refractivity contribution is -0.122. The molecule has 1 aliphatic heterocycles. The molecule has 3 atom stereocenters. The molecule has 20 heavy (non-hydrogen) atoms. The topological polar surface area (TPSA) is 46.6 Å². The monoisotopic (exact) mass is 273 g/mol. The van der Waals surface area contributed by atoms with E-state index in [9.17, 15) is 9.59 Å². The maximum Gasteiger partial charge on any atom is 0.237 e. The molecule has 4 heteroatoms. The number of amides is 2. The Balaban J connectivity index is 1.89. The van der Waals surface area contributed by atoms with Crippen LogP contribution >= 0.6 is 0 Å². The van der Waals surface area contributed by atoms with Gasteiger partial charge in [-0.05, 0) is 49.4 Å². The number of hydrogen-bond donors (Lipinski definition) is 0. The van der Waals surface area contributed by atoms with Crippen molar-refractivity contribution < 1.29 is 14.3 Å². The average Bonchev–Trinajstić information content (AvgIpc) is 2.71. The van der Waals surface area contributed by atoms with Crippen LogP contribution in [0.2, 0.25) is 0 Å². The Bertz CT molecular complexity index is 537. The minimum Gasteiger partial charge on any atom is -0.497 e. The van der Waals surface area contributed by atoms with E-state index in [0.717, 1.165) is 25.0 Å². The minimum absolute atomic E-state index is 0.0305. The lowest BCUT2D eigenvalue weighted by Crippen LogP contribution is -2.30. The summed E-state index contributed by atoms with van der Waals surface area (Å²) in [6, 6.07) is 7.10. The van der Waals surface area contributed by atoms with Crippen LogP contribution in [0.25, 0.3) is 0 Å². The fraction of sp³-hybridized carbons (Fsp3) is 0.500. The number of nitrogens with zero attached hydrogens (tertiary/aromatic N) is 1. The second-order valence-corrected chi connectivity index (χ2v) is 5.84. The Morgan fingerprint density at radius 2 is 1.70 bits per heavy atom. The third-order valence-corrected chi connectivity index (χ3v) is 4.52. The van der Waals surface area contributed by atoms with E-state index in [-0.39, 0.29) is 23.7 Å². The summed E-state index contributed by atoms with van der Waals surface area (Å²) in [6.45, 7) is 2.16. The fourth-order valence-corrected chi connectivity index (χ4v) is 3.38. The van der Waals surface area contributed by atoms with Crippen molar-refractivity contribution in [2.24, 2.45) is 17.8 Å². The first-order valence-corrected chi connectivity index (χ1v) is 7.13. The first-order chi connectivity index (χ1) is 9.61. The van der Waals surface area contributed by atoms with Gasteiger partial charge >= 0.3 is 0 Å². The Labute approximate surface area is 118 Å².